The Hall–Kier alpha value is -3.28. The van der Waals surface area contributed by atoms with E-state index < -0.39 is 56.9 Å². The number of anilines is 1. The number of alkyl halides is 3. The van der Waals surface area contributed by atoms with Gasteiger partial charge in [0.1, 0.15) is 12.6 Å². The lowest BCUT2D eigenvalue weighted by Gasteiger charge is -2.34. The molecule has 1 N–H and O–H groups in total. The van der Waals surface area contributed by atoms with E-state index in [-0.39, 0.29) is 23.9 Å². The number of hydrogen-bond acceptors (Lipinski definition) is 4. The minimum Gasteiger partial charge on any atom is -0.352 e. The standard InChI is InChI=1S/C31H34Cl2F3N3O4S/c1-5-21(4)37-30(41)28(6-2)38(18-22-9-11-23(32)12-10-22)29(40)19-39(44(42,43)25-14-7-20(3)8-15-25)24-13-16-27(33)26(17-24)31(34,35)36/h7-17,21,28H,5-6,18-19H2,1-4H3,(H,37,41)/t21-,28+/m1/s1. The van der Waals surface area contributed by atoms with Crippen LogP contribution in [0.15, 0.2) is 71.6 Å². The summed E-state index contributed by atoms with van der Waals surface area (Å²) >= 11 is 11.9. The Labute approximate surface area is 266 Å². The van der Waals surface area contributed by atoms with Crippen LogP contribution in [0.4, 0.5) is 18.9 Å². The summed E-state index contributed by atoms with van der Waals surface area (Å²) in [5.74, 6) is -1.24. The minimum absolute atomic E-state index is 0.0880. The number of nitrogens with zero attached hydrogens (tertiary/aromatic N) is 2. The van der Waals surface area contributed by atoms with Crippen molar-refractivity contribution >= 4 is 50.7 Å². The number of amides is 2. The number of sulfonamides is 1. The molecule has 3 rings (SSSR count). The number of aryl methyl sites for hydroxylation is 1. The van der Waals surface area contributed by atoms with Crippen molar-refractivity contribution in [1.82, 2.24) is 10.2 Å². The molecule has 0 aliphatic heterocycles. The van der Waals surface area contributed by atoms with Crippen LogP contribution in [0.1, 0.15) is 50.3 Å². The average molecular weight is 673 g/mol. The van der Waals surface area contributed by atoms with Gasteiger partial charge in [0.05, 0.1) is 21.2 Å². The monoisotopic (exact) mass is 671 g/mol. The van der Waals surface area contributed by atoms with Crippen LogP contribution >= 0.6 is 23.2 Å². The summed E-state index contributed by atoms with van der Waals surface area (Å²) in [4.78, 5) is 28.4. The third kappa shape index (κ3) is 8.67. The van der Waals surface area contributed by atoms with Crippen molar-refractivity contribution in [1.29, 1.82) is 0 Å². The van der Waals surface area contributed by atoms with Gasteiger partial charge < -0.3 is 10.2 Å². The van der Waals surface area contributed by atoms with Gasteiger partial charge in [-0.1, -0.05) is 66.9 Å². The van der Waals surface area contributed by atoms with E-state index in [1.54, 1.807) is 38.1 Å². The second-order valence-corrected chi connectivity index (χ2v) is 13.1. The topological polar surface area (TPSA) is 86.8 Å². The lowest BCUT2D eigenvalue weighted by atomic mass is 10.1. The molecule has 0 saturated heterocycles. The number of carbonyl (C=O) groups is 2. The van der Waals surface area contributed by atoms with Crippen LogP contribution < -0.4 is 9.62 Å². The maximum Gasteiger partial charge on any atom is 0.417 e. The molecule has 0 radical (unpaired) electrons. The van der Waals surface area contributed by atoms with Crippen molar-refractivity contribution in [3.8, 4) is 0 Å². The highest BCUT2D eigenvalue weighted by Crippen LogP contribution is 2.38. The Morgan fingerprint density at radius 2 is 1.55 bits per heavy atom. The first kappa shape index (κ1) is 35.2. The molecule has 0 spiro atoms. The normalized spacial score (nSPS) is 13.2. The molecule has 0 saturated carbocycles. The Morgan fingerprint density at radius 3 is 2.09 bits per heavy atom. The number of benzene rings is 3. The molecule has 2 atom stereocenters. The number of nitrogens with one attached hydrogen (secondary N) is 1. The van der Waals surface area contributed by atoms with Gasteiger partial charge in [-0.05, 0) is 74.7 Å². The van der Waals surface area contributed by atoms with Gasteiger partial charge in [0, 0.05) is 17.6 Å². The highest BCUT2D eigenvalue weighted by atomic mass is 35.5. The van der Waals surface area contributed by atoms with Gasteiger partial charge in [-0.2, -0.15) is 13.2 Å². The van der Waals surface area contributed by atoms with Gasteiger partial charge in [-0.15, -0.1) is 0 Å². The van der Waals surface area contributed by atoms with E-state index in [0.717, 1.165) is 17.7 Å². The molecule has 44 heavy (non-hydrogen) atoms. The number of hydrogen-bond donors (Lipinski definition) is 1. The molecule has 13 heteroatoms. The van der Waals surface area contributed by atoms with Gasteiger partial charge in [-0.25, -0.2) is 8.42 Å². The Bertz CT molecular complexity index is 1570. The molecular formula is C31H34Cl2F3N3O4S. The van der Waals surface area contributed by atoms with Gasteiger partial charge in [-0.3, -0.25) is 13.9 Å². The number of carbonyl (C=O) groups excluding carboxylic acids is 2. The van der Waals surface area contributed by atoms with Crippen molar-refractivity contribution in [2.45, 2.75) is 70.2 Å². The molecule has 238 valence electrons. The van der Waals surface area contributed by atoms with Crippen LogP contribution in [0.3, 0.4) is 0 Å². The molecular weight excluding hydrogens is 638 g/mol. The summed E-state index contributed by atoms with van der Waals surface area (Å²) in [6, 6.07) is 13.7. The second kappa shape index (κ2) is 14.7. The molecule has 7 nitrogen and oxygen atoms in total. The van der Waals surface area contributed by atoms with E-state index in [0.29, 0.717) is 27.4 Å². The summed E-state index contributed by atoms with van der Waals surface area (Å²) in [6.07, 6.45) is -4.07. The van der Waals surface area contributed by atoms with Gasteiger partial charge >= 0.3 is 6.18 Å². The fourth-order valence-corrected chi connectivity index (χ4v) is 6.16. The number of halogens is 5. The quantitative estimate of drug-likeness (QED) is 0.220. The molecule has 3 aromatic carbocycles. The molecule has 0 heterocycles. The Kier molecular flexibility index (Phi) is 11.7. The molecule has 0 unspecified atom stereocenters. The van der Waals surface area contributed by atoms with Crippen LogP contribution in [0.5, 0.6) is 0 Å². The van der Waals surface area contributed by atoms with Gasteiger partial charge in [0.15, 0.2) is 0 Å². The van der Waals surface area contributed by atoms with Crippen molar-refractivity contribution in [3.63, 3.8) is 0 Å². The Morgan fingerprint density at radius 1 is 0.932 bits per heavy atom. The zero-order valence-corrected chi connectivity index (χ0v) is 27.0. The summed E-state index contributed by atoms with van der Waals surface area (Å²) in [5.41, 5.74) is -0.314. The van der Waals surface area contributed by atoms with Gasteiger partial charge in [0.2, 0.25) is 11.8 Å². The smallest absolute Gasteiger partial charge is 0.352 e. The fraction of sp³-hybridized carbons (Fsp3) is 0.355. The minimum atomic E-state index is -4.89. The molecule has 0 aliphatic rings. The van der Waals surface area contributed by atoms with Crippen molar-refractivity contribution in [3.05, 3.63) is 93.5 Å². The fourth-order valence-electron chi connectivity index (χ4n) is 4.40. The van der Waals surface area contributed by atoms with E-state index in [2.05, 4.69) is 5.32 Å². The molecule has 0 aromatic heterocycles. The lowest BCUT2D eigenvalue weighted by Crippen LogP contribution is -2.53. The summed E-state index contributed by atoms with van der Waals surface area (Å²) in [5, 5.41) is 2.69. The van der Waals surface area contributed by atoms with Crippen LogP contribution in [-0.2, 0) is 32.3 Å². The molecule has 2 amide bonds. The van der Waals surface area contributed by atoms with Crippen molar-refractivity contribution in [2.75, 3.05) is 10.8 Å². The first-order valence-corrected chi connectivity index (χ1v) is 16.1. The number of rotatable bonds is 12. The lowest BCUT2D eigenvalue weighted by molar-refractivity contribution is -0.140. The zero-order chi connectivity index (χ0) is 32.8. The molecule has 0 aliphatic carbocycles. The van der Waals surface area contributed by atoms with Crippen molar-refractivity contribution < 1.29 is 31.2 Å². The van der Waals surface area contributed by atoms with E-state index in [4.69, 9.17) is 23.2 Å². The Balaban J connectivity index is 2.15. The highest BCUT2D eigenvalue weighted by molar-refractivity contribution is 7.92. The van der Waals surface area contributed by atoms with Crippen molar-refractivity contribution in [2.24, 2.45) is 0 Å². The SMILES string of the molecule is CC[C@@H](C)NC(=O)[C@H](CC)N(Cc1ccc(Cl)cc1)C(=O)CN(c1ccc(Cl)c(C(F)(F)F)c1)S(=O)(=O)c1ccc(C)cc1. The van der Waals surface area contributed by atoms with Gasteiger partial charge in [0.25, 0.3) is 10.0 Å². The summed E-state index contributed by atoms with van der Waals surface area (Å²) < 4.78 is 69.9. The summed E-state index contributed by atoms with van der Waals surface area (Å²) in [6.45, 7) is 6.17. The average Bonchev–Trinajstić information content (AvgIpc) is 2.96. The third-order valence-corrected chi connectivity index (χ3v) is 9.45. The van der Waals surface area contributed by atoms with E-state index >= 15 is 0 Å². The van der Waals surface area contributed by atoms with E-state index in [1.165, 1.54) is 29.2 Å². The third-order valence-electron chi connectivity index (χ3n) is 7.08. The largest absolute Gasteiger partial charge is 0.417 e. The first-order chi connectivity index (χ1) is 20.6. The second-order valence-electron chi connectivity index (χ2n) is 10.4. The van der Waals surface area contributed by atoms with E-state index in [9.17, 15) is 31.2 Å². The van der Waals surface area contributed by atoms with Crippen LogP contribution in [-0.4, -0.2) is 43.8 Å². The first-order valence-electron chi connectivity index (χ1n) is 13.9. The zero-order valence-electron chi connectivity index (χ0n) is 24.7. The maximum absolute atomic E-state index is 14.1. The predicted octanol–water partition coefficient (Wildman–Crippen LogP) is 7.24. The molecule has 0 fully saturated rings. The molecule has 0 bridgehead atoms. The van der Waals surface area contributed by atoms with E-state index in [1.807, 2.05) is 13.8 Å². The van der Waals surface area contributed by atoms with Crippen LogP contribution in [0.2, 0.25) is 10.0 Å². The summed E-state index contributed by atoms with van der Waals surface area (Å²) in [7, 11) is -4.57. The maximum atomic E-state index is 14.1. The van der Waals surface area contributed by atoms with Crippen LogP contribution in [0.25, 0.3) is 0 Å². The molecule has 3 aromatic rings. The predicted molar refractivity (Wildman–Crippen MR) is 166 cm³/mol. The highest BCUT2D eigenvalue weighted by Gasteiger charge is 2.37. The van der Waals surface area contributed by atoms with Crippen LogP contribution in [0, 0.1) is 6.92 Å².